The van der Waals surface area contributed by atoms with Gasteiger partial charge in [-0.1, -0.05) is 75.4 Å². The largest absolute Gasteiger partial charge is 0.489 e. The summed E-state index contributed by atoms with van der Waals surface area (Å²) in [5, 5.41) is 13.1. The van der Waals surface area contributed by atoms with Gasteiger partial charge in [-0.05, 0) is 70.2 Å². The van der Waals surface area contributed by atoms with Crippen molar-refractivity contribution in [1.82, 2.24) is 0 Å². The lowest BCUT2D eigenvalue weighted by Crippen LogP contribution is -2.26. The Hall–Kier alpha value is -3.42. The van der Waals surface area contributed by atoms with Gasteiger partial charge in [0.25, 0.3) is 0 Å². The van der Waals surface area contributed by atoms with Crippen LogP contribution in [0.15, 0.2) is 71.7 Å². The predicted molar refractivity (Wildman–Crippen MR) is 146 cm³/mol. The third-order valence-corrected chi connectivity index (χ3v) is 8.21. The van der Waals surface area contributed by atoms with E-state index in [1.54, 1.807) is 11.3 Å². The van der Waals surface area contributed by atoms with E-state index in [-0.39, 0.29) is 5.41 Å². The van der Waals surface area contributed by atoms with Gasteiger partial charge in [0, 0.05) is 11.1 Å². The molecule has 0 unspecified atom stereocenters. The van der Waals surface area contributed by atoms with Crippen LogP contribution in [0, 0.1) is 22.7 Å². The van der Waals surface area contributed by atoms with E-state index in [9.17, 15) is 5.26 Å². The Labute approximate surface area is 211 Å². The first-order chi connectivity index (χ1) is 16.9. The number of benzene rings is 3. The summed E-state index contributed by atoms with van der Waals surface area (Å²) in [6.07, 6.45) is 5.01. The second-order valence-corrected chi connectivity index (χ2v) is 11.4. The maximum atomic E-state index is 9.85. The summed E-state index contributed by atoms with van der Waals surface area (Å²) in [5.41, 5.74) is 4.39. The molecule has 0 radical (unpaired) electrons. The van der Waals surface area contributed by atoms with Crippen LogP contribution in [0.1, 0.15) is 54.3 Å². The van der Waals surface area contributed by atoms with E-state index < -0.39 is 0 Å². The van der Waals surface area contributed by atoms with Gasteiger partial charge in [0.1, 0.15) is 23.4 Å². The minimum absolute atomic E-state index is 0.282. The molecule has 1 aliphatic carbocycles. The number of thiophene rings is 1. The average Bonchev–Trinajstić information content (AvgIpc) is 3.22. The van der Waals surface area contributed by atoms with Crippen LogP contribution in [0.25, 0.3) is 10.8 Å². The molecule has 3 nitrogen and oxygen atoms in total. The van der Waals surface area contributed by atoms with Gasteiger partial charge in [-0.15, -0.1) is 11.3 Å². The Bertz CT molecular complexity index is 1430. The van der Waals surface area contributed by atoms with Gasteiger partial charge in [-0.3, -0.25) is 0 Å². The van der Waals surface area contributed by atoms with Crippen LogP contribution in [-0.4, -0.2) is 6.21 Å². The van der Waals surface area contributed by atoms with Gasteiger partial charge in [0.05, 0.1) is 5.56 Å². The summed E-state index contributed by atoms with van der Waals surface area (Å²) in [4.78, 5) is 6.10. The van der Waals surface area contributed by atoms with Crippen molar-refractivity contribution in [3.63, 3.8) is 0 Å². The van der Waals surface area contributed by atoms with E-state index in [2.05, 4.69) is 69.3 Å². The van der Waals surface area contributed by atoms with Crippen LogP contribution in [0.2, 0.25) is 0 Å². The standard InChI is InChI=1S/C31H30N2OS/c1-31(2,3)24-14-15-27-28(18-32)30(35-29(27)17-24)33-19-21-8-6-12-25(16-21)34-20-23-11-7-10-22-9-4-5-13-26(22)23/h4-13,16,19,24H,14-15,17,20H2,1-3H3/t24-/m0/s1. The smallest absolute Gasteiger partial charge is 0.134 e. The molecule has 176 valence electrons. The number of rotatable bonds is 5. The lowest BCUT2D eigenvalue weighted by atomic mass is 9.72. The summed E-state index contributed by atoms with van der Waals surface area (Å²) in [6, 6.07) is 25.1. The van der Waals surface area contributed by atoms with Crippen LogP contribution in [0.5, 0.6) is 5.75 Å². The summed E-state index contributed by atoms with van der Waals surface area (Å²) < 4.78 is 6.14. The summed E-state index contributed by atoms with van der Waals surface area (Å²) in [7, 11) is 0. The van der Waals surface area contributed by atoms with E-state index in [0.29, 0.717) is 12.5 Å². The lowest BCUT2D eigenvalue weighted by molar-refractivity contribution is 0.218. The molecule has 0 amide bonds. The number of hydrogen-bond donors (Lipinski definition) is 0. The molecule has 0 saturated heterocycles. The van der Waals surface area contributed by atoms with Crippen LogP contribution >= 0.6 is 11.3 Å². The number of hydrogen-bond acceptors (Lipinski definition) is 4. The van der Waals surface area contributed by atoms with Crippen molar-refractivity contribution in [3.8, 4) is 11.8 Å². The highest BCUT2D eigenvalue weighted by molar-refractivity contribution is 7.16. The first-order valence-electron chi connectivity index (χ1n) is 12.2. The Kier molecular flexibility index (Phi) is 6.45. The monoisotopic (exact) mass is 478 g/mol. The van der Waals surface area contributed by atoms with Crippen molar-refractivity contribution in [2.45, 2.75) is 46.6 Å². The second kappa shape index (κ2) is 9.68. The highest BCUT2D eigenvalue weighted by Crippen LogP contribution is 2.44. The fraction of sp³-hybridized carbons (Fsp3) is 0.290. The summed E-state index contributed by atoms with van der Waals surface area (Å²) in [6.45, 7) is 7.45. The first kappa shape index (κ1) is 23.3. The van der Waals surface area contributed by atoms with Crippen molar-refractivity contribution >= 4 is 33.3 Å². The Morgan fingerprint density at radius 1 is 1.09 bits per heavy atom. The van der Waals surface area contributed by atoms with Gasteiger partial charge in [0.2, 0.25) is 0 Å². The lowest BCUT2D eigenvalue weighted by Gasteiger charge is -2.33. The average molecular weight is 479 g/mol. The van der Waals surface area contributed by atoms with Crippen molar-refractivity contribution in [1.29, 1.82) is 5.26 Å². The molecular formula is C31H30N2OS. The molecule has 1 atom stereocenters. The van der Waals surface area contributed by atoms with Crippen molar-refractivity contribution in [2.75, 3.05) is 0 Å². The molecule has 0 fully saturated rings. The molecule has 4 aromatic rings. The maximum absolute atomic E-state index is 9.85. The van der Waals surface area contributed by atoms with Gasteiger partial charge in [0.15, 0.2) is 0 Å². The Balaban J connectivity index is 1.33. The Morgan fingerprint density at radius 2 is 1.89 bits per heavy atom. The van der Waals surface area contributed by atoms with Gasteiger partial charge in [-0.25, -0.2) is 4.99 Å². The molecule has 35 heavy (non-hydrogen) atoms. The molecule has 0 spiro atoms. The quantitative estimate of drug-likeness (QED) is 0.271. The molecule has 0 aliphatic heterocycles. The van der Waals surface area contributed by atoms with E-state index >= 15 is 0 Å². The second-order valence-electron chi connectivity index (χ2n) is 10.4. The zero-order valence-electron chi connectivity index (χ0n) is 20.5. The molecule has 5 rings (SSSR count). The highest BCUT2D eigenvalue weighted by atomic mass is 32.1. The number of ether oxygens (including phenoxy) is 1. The zero-order chi connectivity index (χ0) is 24.4. The number of aliphatic imine (C=N–C) groups is 1. The van der Waals surface area contributed by atoms with Gasteiger partial charge in [-0.2, -0.15) is 5.26 Å². The topological polar surface area (TPSA) is 45.4 Å². The fourth-order valence-electron chi connectivity index (χ4n) is 4.91. The van der Waals surface area contributed by atoms with E-state index in [4.69, 9.17) is 9.73 Å². The molecular weight excluding hydrogens is 448 g/mol. The molecule has 0 bridgehead atoms. The summed E-state index contributed by atoms with van der Waals surface area (Å²) in [5.74, 6) is 1.45. The molecule has 1 aliphatic rings. The van der Waals surface area contributed by atoms with E-state index in [1.807, 2.05) is 30.5 Å². The molecule has 3 aromatic carbocycles. The van der Waals surface area contributed by atoms with E-state index in [0.717, 1.165) is 41.1 Å². The molecule has 0 N–H and O–H groups in total. The number of nitriles is 1. The van der Waals surface area contributed by atoms with Crippen molar-refractivity contribution in [3.05, 3.63) is 93.9 Å². The van der Waals surface area contributed by atoms with Crippen LogP contribution in [0.4, 0.5) is 5.00 Å². The molecule has 1 aromatic heterocycles. The maximum Gasteiger partial charge on any atom is 0.134 e. The van der Waals surface area contributed by atoms with Gasteiger partial charge < -0.3 is 4.74 Å². The van der Waals surface area contributed by atoms with Gasteiger partial charge >= 0.3 is 0 Å². The van der Waals surface area contributed by atoms with E-state index in [1.165, 1.54) is 26.8 Å². The SMILES string of the molecule is CC(C)(C)[C@H]1CCc2c(sc(N=Cc3cccc(OCc4cccc5ccccc45)c3)c2C#N)C1. The third kappa shape index (κ3) is 5.01. The highest BCUT2D eigenvalue weighted by Gasteiger charge is 2.32. The minimum Gasteiger partial charge on any atom is -0.489 e. The minimum atomic E-state index is 0.282. The fourth-order valence-corrected chi connectivity index (χ4v) is 6.14. The predicted octanol–water partition coefficient (Wildman–Crippen LogP) is 8.25. The molecule has 4 heteroatoms. The molecule has 0 saturated carbocycles. The zero-order valence-corrected chi connectivity index (χ0v) is 21.4. The number of fused-ring (bicyclic) bond motifs is 2. The van der Waals surface area contributed by atoms with Crippen LogP contribution in [0.3, 0.4) is 0 Å². The third-order valence-electron chi connectivity index (χ3n) is 7.05. The van der Waals surface area contributed by atoms with Crippen molar-refractivity contribution < 1.29 is 4.74 Å². The summed E-state index contributed by atoms with van der Waals surface area (Å²) >= 11 is 1.69. The normalized spacial score (nSPS) is 15.8. The molecule has 1 heterocycles. The first-order valence-corrected chi connectivity index (χ1v) is 13.0. The van der Waals surface area contributed by atoms with Crippen molar-refractivity contribution in [2.24, 2.45) is 16.3 Å². The Morgan fingerprint density at radius 3 is 2.71 bits per heavy atom. The van der Waals surface area contributed by atoms with Crippen LogP contribution < -0.4 is 4.74 Å². The van der Waals surface area contributed by atoms with Crippen LogP contribution in [-0.2, 0) is 19.4 Å². The number of nitrogens with zero attached hydrogens (tertiary/aromatic N) is 2.